The van der Waals surface area contributed by atoms with E-state index in [4.69, 9.17) is 4.74 Å². The number of Topliss-reactive ketones (excluding diaryl/α,β-unsaturated/α-hetero) is 1. The highest BCUT2D eigenvalue weighted by molar-refractivity contribution is 5.82. The number of carbonyl (C=O) groups is 1. The van der Waals surface area contributed by atoms with Crippen LogP contribution in [0, 0.1) is 0 Å². The zero-order valence-electron chi connectivity index (χ0n) is 10.6. The van der Waals surface area contributed by atoms with E-state index in [2.05, 4.69) is 5.32 Å². The number of alkyl halides is 3. The zero-order valence-corrected chi connectivity index (χ0v) is 10.6. The van der Waals surface area contributed by atoms with E-state index in [0.29, 0.717) is 18.7 Å². The summed E-state index contributed by atoms with van der Waals surface area (Å²) in [6, 6.07) is 4.63. The van der Waals surface area contributed by atoms with Crippen LogP contribution in [0.2, 0.25) is 0 Å². The predicted molar refractivity (Wildman–Crippen MR) is 64.9 cm³/mol. The molecular formula is C13H16F3NO2. The number of ketones is 1. The molecule has 0 bridgehead atoms. The molecule has 0 saturated carbocycles. The summed E-state index contributed by atoms with van der Waals surface area (Å²) in [6.07, 6.45) is -4.22. The second-order valence-electron chi connectivity index (χ2n) is 4.08. The number of ether oxygens (including phenoxy) is 1. The molecule has 0 heterocycles. The number of methoxy groups -OCH3 is 1. The molecular weight excluding hydrogens is 259 g/mol. The van der Waals surface area contributed by atoms with Gasteiger partial charge in [-0.05, 0) is 17.7 Å². The van der Waals surface area contributed by atoms with E-state index in [1.165, 1.54) is 12.1 Å². The summed E-state index contributed by atoms with van der Waals surface area (Å²) >= 11 is 0. The minimum Gasteiger partial charge on any atom is -0.383 e. The molecule has 0 aromatic heterocycles. The Hall–Kier alpha value is -1.40. The lowest BCUT2D eigenvalue weighted by molar-refractivity contribution is -0.137. The van der Waals surface area contributed by atoms with Gasteiger partial charge in [0.05, 0.1) is 18.7 Å². The first-order chi connectivity index (χ1) is 8.93. The third-order valence-corrected chi connectivity index (χ3v) is 2.49. The fraction of sp³-hybridized carbons (Fsp3) is 0.462. The molecule has 0 aliphatic rings. The smallest absolute Gasteiger partial charge is 0.383 e. The second kappa shape index (κ2) is 7.25. The largest absolute Gasteiger partial charge is 0.416 e. The normalized spacial score (nSPS) is 11.6. The summed E-state index contributed by atoms with van der Waals surface area (Å²) in [7, 11) is 1.56. The van der Waals surface area contributed by atoms with Gasteiger partial charge in [0.2, 0.25) is 0 Å². The summed E-state index contributed by atoms with van der Waals surface area (Å²) in [5.41, 5.74) is -0.131. The van der Waals surface area contributed by atoms with E-state index in [1.54, 1.807) is 7.11 Å². The molecule has 3 nitrogen and oxygen atoms in total. The van der Waals surface area contributed by atoms with E-state index in [1.807, 2.05) is 0 Å². The molecule has 1 aromatic rings. The summed E-state index contributed by atoms with van der Waals surface area (Å²) in [4.78, 5) is 11.5. The van der Waals surface area contributed by atoms with E-state index in [0.717, 1.165) is 12.1 Å². The molecule has 0 radical (unpaired) electrons. The third kappa shape index (κ3) is 5.85. The van der Waals surface area contributed by atoms with Crippen molar-refractivity contribution in [3.63, 3.8) is 0 Å². The summed E-state index contributed by atoms with van der Waals surface area (Å²) in [5.74, 6) is -0.0733. The minimum atomic E-state index is -4.34. The summed E-state index contributed by atoms with van der Waals surface area (Å²) in [6.45, 7) is 1.26. The maximum Gasteiger partial charge on any atom is 0.416 e. The maximum atomic E-state index is 12.3. The molecule has 0 aliphatic carbocycles. The topological polar surface area (TPSA) is 38.3 Å². The standard InChI is InChI=1S/C13H16F3NO2/c1-19-7-6-17-9-12(18)8-10-2-4-11(5-3-10)13(14,15)16/h2-5,17H,6-9H2,1H3. The first kappa shape index (κ1) is 15.7. The van der Waals surface area contributed by atoms with Crippen LogP contribution < -0.4 is 5.32 Å². The van der Waals surface area contributed by atoms with Crippen LogP contribution >= 0.6 is 0 Å². The maximum absolute atomic E-state index is 12.3. The van der Waals surface area contributed by atoms with E-state index >= 15 is 0 Å². The van der Waals surface area contributed by atoms with Gasteiger partial charge in [-0.15, -0.1) is 0 Å². The molecule has 0 amide bonds. The lowest BCUT2D eigenvalue weighted by atomic mass is 10.1. The molecule has 0 aliphatic heterocycles. The Morgan fingerprint density at radius 3 is 2.42 bits per heavy atom. The lowest BCUT2D eigenvalue weighted by Gasteiger charge is -2.07. The Kier molecular flexibility index (Phi) is 5.98. The van der Waals surface area contributed by atoms with Crippen LogP contribution in [0.3, 0.4) is 0 Å². The van der Waals surface area contributed by atoms with Crippen LogP contribution in [0.4, 0.5) is 13.2 Å². The molecule has 1 N–H and O–H groups in total. The Bertz CT molecular complexity index is 401. The average Bonchev–Trinajstić information content (AvgIpc) is 2.34. The van der Waals surface area contributed by atoms with Gasteiger partial charge in [-0.25, -0.2) is 0 Å². The molecule has 106 valence electrons. The van der Waals surface area contributed by atoms with Crippen molar-refractivity contribution in [3.8, 4) is 0 Å². The van der Waals surface area contributed by atoms with Crippen molar-refractivity contribution in [1.29, 1.82) is 0 Å². The van der Waals surface area contributed by atoms with Crippen molar-refractivity contribution in [1.82, 2.24) is 5.32 Å². The van der Waals surface area contributed by atoms with Crippen molar-refractivity contribution in [2.75, 3.05) is 26.8 Å². The molecule has 0 fully saturated rings. The molecule has 19 heavy (non-hydrogen) atoms. The number of benzene rings is 1. The Labute approximate surface area is 109 Å². The summed E-state index contributed by atoms with van der Waals surface area (Å²) < 4.78 is 41.8. The van der Waals surface area contributed by atoms with Gasteiger partial charge in [0.1, 0.15) is 0 Å². The van der Waals surface area contributed by atoms with Gasteiger partial charge < -0.3 is 10.1 Å². The van der Waals surface area contributed by atoms with Gasteiger partial charge in [0.15, 0.2) is 5.78 Å². The van der Waals surface area contributed by atoms with Crippen molar-refractivity contribution in [2.45, 2.75) is 12.6 Å². The van der Waals surface area contributed by atoms with E-state index < -0.39 is 11.7 Å². The first-order valence-corrected chi connectivity index (χ1v) is 5.81. The molecule has 6 heteroatoms. The molecule has 0 atom stereocenters. The van der Waals surface area contributed by atoms with E-state index in [-0.39, 0.29) is 18.7 Å². The zero-order chi connectivity index (χ0) is 14.3. The molecule has 0 unspecified atom stereocenters. The van der Waals surface area contributed by atoms with Crippen LogP contribution in [0.5, 0.6) is 0 Å². The van der Waals surface area contributed by atoms with Crippen molar-refractivity contribution in [3.05, 3.63) is 35.4 Å². The molecule has 1 aromatic carbocycles. The highest BCUT2D eigenvalue weighted by Crippen LogP contribution is 2.29. The fourth-order valence-corrected chi connectivity index (χ4v) is 1.50. The number of hydrogen-bond acceptors (Lipinski definition) is 3. The third-order valence-electron chi connectivity index (χ3n) is 2.49. The highest BCUT2D eigenvalue weighted by Gasteiger charge is 2.29. The van der Waals surface area contributed by atoms with Gasteiger partial charge in [-0.3, -0.25) is 4.79 Å². The van der Waals surface area contributed by atoms with Crippen molar-refractivity contribution >= 4 is 5.78 Å². The van der Waals surface area contributed by atoms with Gasteiger partial charge in [-0.2, -0.15) is 13.2 Å². The highest BCUT2D eigenvalue weighted by atomic mass is 19.4. The monoisotopic (exact) mass is 275 g/mol. The lowest BCUT2D eigenvalue weighted by Crippen LogP contribution is -2.27. The molecule has 1 rings (SSSR count). The van der Waals surface area contributed by atoms with Gasteiger partial charge >= 0.3 is 6.18 Å². The quantitative estimate of drug-likeness (QED) is 0.774. The van der Waals surface area contributed by atoms with Gasteiger partial charge in [0, 0.05) is 20.1 Å². The average molecular weight is 275 g/mol. The SMILES string of the molecule is COCCNCC(=O)Cc1ccc(C(F)(F)F)cc1. The van der Waals surface area contributed by atoms with Crippen molar-refractivity contribution in [2.24, 2.45) is 0 Å². The molecule has 0 spiro atoms. The second-order valence-corrected chi connectivity index (χ2v) is 4.08. The van der Waals surface area contributed by atoms with Gasteiger partial charge in [-0.1, -0.05) is 12.1 Å². The van der Waals surface area contributed by atoms with E-state index in [9.17, 15) is 18.0 Å². The van der Waals surface area contributed by atoms with Crippen LogP contribution in [0.15, 0.2) is 24.3 Å². The van der Waals surface area contributed by atoms with Crippen molar-refractivity contribution < 1.29 is 22.7 Å². The fourth-order valence-electron chi connectivity index (χ4n) is 1.50. The van der Waals surface area contributed by atoms with Crippen LogP contribution in [-0.4, -0.2) is 32.6 Å². The van der Waals surface area contributed by atoms with Crippen LogP contribution in [-0.2, 0) is 22.1 Å². The number of carbonyl (C=O) groups excluding carboxylic acids is 1. The number of hydrogen-bond donors (Lipinski definition) is 1. The molecule has 0 saturated heterocycles. The van der Waals surface area contributed by atoms with Crippen LogP contribution in [0.25, 0.3) is 0 Å². The number of rotatable bonds is 7. The number of nitrogens with one attached hydrogen (secondary N) is 1. The first-order valence-electron chi connectivity index (χ1n) is 5.81. The predicted octanol–water partition coefficient (Wildman–Crippen LogP) is 2.05. The van der Waals surface area contributed by atoms with Crippen LogP contribution in [0.1, 0.15) is 11.1 Å². The summed E-state index contributed by atoms with van der Waals surface area (Å²) in [5, 5.41) is 2.89. The minimum absolute atomic E-state index is 0.0733. The Morgan fingerprint density at radius 2 is 1.89 bits per heavy atom. The Balaban J connectivity index is 2.43. The van der Waals surface area contributed by atoms with Gasteiger partial charge in [0.25, 0.3) is 0 Å². The number of halogens is 3. The Morgan fingerprint density at radius 1 is 1.26 bits per heavy atom.